The maximum absolute atomic E-state index is 2.50. The maximum atomic E-state index is 2.50. The lowest BCUT2D eigenvalue weighted by atomic mass is 9.80. The molecule has 0 saturated heterocycles. The van der Waals surface area contributed by atoms with E-state index < -0.39 is 0 Å². The van der Waals surface area contributed by atoms with E-state index >= 15 is 0 Å². The number of thiophene rings is 1. The van der Waals surface area contributed by atoms with Crippen LogP contribution >= 0.6 is 11.3 Å². The van der Waals surface area contributed by atoms with Gasteiger partial charge in [-0.2, -0.15) is 0 Å². The van der Waals surface area contributed by atoms with Crippen molar-refractivity contribution in [2.45, 2.75) is 38.5 Å². The smallest absolute Gasteiger partial charge is 0.0434 e. The first kappa shape index (κ1) is 32.9. The Morgan fingerprint density at radius 3 is 1.49 bits per heavy atom. The van der Waals surface area contributed by atoms with Crippen LogP contribution in [0.4, 0.5) is 0 Å². The molecular formula is C56H40S. The molecule has 12 rings (SSSR count). The van der Waals surface area contributed by atoms with E-state index in [2.05, 4.69) is 198 Å². The predicted molar refractivity (Wildman–Crippen MR) is 246 cm³/mol. The fourth-order valence-corrected chi connectivity index (χ4v) is 11.9. The molecule has 1 aromatic heterocycles. The largest absolute Gasteiger partial charge is 0.135 e. The van der Waals surface area contributed by atoms with E-state index in [0.29, 0.717) is 0 Å². The predicted octanol–water partition coefficient (Wildman–Crippen LogP) is 16.0. The Kier molecular flexibility index (Phi) is 6.72. The van der Waals surface area contributed by atoms with Crippen LogP contribution < -0.4 is 0 Å². The van der Waals surface area contributed by atoms with E-state index in [1.165, 1.54) is 120 Å². The van der Waals surface area contributed by atoms with Gasteiger partial charge in [0.15, 0.2) is 0 Å². The molecule has 2 aliphatic carbocycles. The molecule has 0 bridgehead atoms. The topological polar surface area (TPSA) is 0 Å². The van der Waals surface area contributed by atoms with Crippen molar-refractivity contribution in [2.75, 3.05) is 0 Å². The van der Waals surface area contributed by atoms with Crippen LogP contribution in [0.3, 0.4) is 0 Å². The van der Waals surface area contributed by atoms with Gasteiger partial charge in [0.2, 0.25) is 0 Å². The van der Waals surface area contributed by atoms with Crippen molar-refractivity contribution in [3.63, 3.8) is 0 Å². The summed E-state index contributed by atoms with van der Waals surface area (Å²) in [4.78, 5) is 0. The highest BCUT2D eigenvalue weighted by Crippen LogP contribution is 2.54. The van der Waals surface area contributed by atoms with E-state index in [4.69, 9.17) is 0 Å². The average Bonchev–Trinajstić information content (AvgIpc) is 3.82. The molecule has 0 saturated carbocycles. The Hall–Kier alpha value is -6.28. The lowest BCUT2D eigenvalue weighted by molar-refractivity contribution is 0.660. The molecule has 2 aliphatic rings. The van der Waals surface area contributed by atoms with Gasteiger partial charge in [-0.3, -0.25) is 0 Å². The summed E-state index contributed by atoms with van der Waals surface area (Å²) >= 11 is 1.91. The van der Waals surface area contributed by atoms with Crippen molar-refractivity contribution in [3.05, 3.63) is 192 Å². The van der Waals surface area contributed by atoms with Gasteiger partial charge in [-0.15, -0.1) is 11.3 Å². The first-order valence-electron chi connectivity index (χ1n) is 20.2. The second kappa shape index (κ2) is 11.6. The Balaban J connectivity index is 1.16. The molecule has 0 aliphatic heterocycles. The molecule has 0 radical (unpaired) electrons. The SMILES string of the molecule is CC1(C)c2ccccc2-c2ccc(-c3ccc4c(-c5cccc6c5sc5ccccc56)c5ccccc5c(-c5ccc6c(c5)C(C)(C)c5ccccc5-6)c4c3)cc21. The van der Waals surface area contributed by atoms with Gasteiger partial charge in [0, 0.05) is 36.6 Å². The summed E-state index contributed by atoms with van der Waals surface area (Å²) in [7, 11) is 0. The standard InChI is InChI=1S/C56H40S/c1-55(2)47-21-10-7-14-36(47)38-27-24-34(31-49(38)55)33-25-29-43-46(30-33)52(35-26-28-39-37-15-8-11-22-48(37)56(3,4)50(39)32-35)41-17-5-6-18-42(41)53(43)45-20-13-19-44-40-16-9-12-23-51(40)57-54(44)45/h5-32H,1-4H3. The zero-order valence-corrected chi connectivity index (χ0v) is 33.4. The molecule has 0 N–H and O–H groups in total. The molecule has 0 nitrogen and oxygen atoms in total. The minimum absolute atomic E-state index is 0.0644. The zero-order chi connectivity index (χ0) is 38.2. The zero-order valence-electron chi connectivity index (χ0n) is 32.6. The highest BCUT2D eigenvalue weighted by molar-refractivity contribution is 7.26. The van der Waals surface area contributed by atoms with E-state index in [-0.39, 0.29) is 10.8 Å². The summed E-state index contributed by atoms with van der Waals surface area (Å²) in [5, 5.41) is 7.81. The van der Waals surface area contributed by atoms with Crippen molar-refractivity contribution < 1.29 is 0 Å². The van der Waals surface area contributed by atoms with Crippen LogP contribution in [0.25, 0.3) is 97.4 Å². The third-order valence-electron chi connectivity index (χ3n) is 13.5. The third-order valence-corrected chi connectivity index (χ3v) is 14.7. The summed E-state index contributed by atoms with van der Waals surface area (Å²) < 4.78 is 2.68. The van der Waals surface area contributed by atoms with E-state index in [1.54, 1.807) is 0 Å². The minimum Gasteiger partial charge on any atom is -0.135 e. The van der Waals surface area contributed by atoms with E-state index in [0.717, 1.165) is 0 Å². The van der Waals surface area contributed by atoms with Gasteiger partial charge < -0.3 is 0 Å². The second-order valence-corrected chi connectivity index (χ2v) is 18.3. The summed E-state index contributed by atoms with van der Waals surface area (Å²) in [6.07, 6.45) is 0. The summed E-state index contributed by atoms with van der Waals surface area (Å²) in [6.45, 7) is 9.53. The highest BCUT2D eigenvalue weighted by Gasteiger charge is 2.37. The number of rotatable bonds is 3. The van der Waals surface area contributed by atoms with Crippen LogP contribution in [0.1, 0.15) is 49.9 Å². The average molecular weight is 745 g/mol. The molecule has 0 atom stereocenters. The number of hydrogen-bond acceptors (Lipinski definition) is 1. The van der Waals surface area contributed by atoms with Crippen LogP contribution in [-0.4, -0.2) is 0 Å². The van der Waals surface area contributed by atoms with Crippen molar-refractivity contribution in [3.8, 4) is 55.6 Å². The first-order chi connectivity index (χ1) is 27.8. The van der Waals surface area contributed by atoms with E-state index in [9.17, 15) is 0 Å². The first-order valence-corrected chi connectivity index (χ1v) is 21.0. The van der Waals surface area contributed by atoms with Crippen LogP contribution in [0.2, 0.25) is 0 Å². The lowest BCUT2D eigenvalue weighted by Gasteiger charge is -2.23. The van der Waals surface area contributed by atoms with Crippen molar-refractivity contribution in [1.82, 2.24) is 0 Å². The molecule has 0 fully saturated rings. The Bertz CT molecular complexity index is 3350. The number of benzene rings is 9. The van der Waals surface area contributed by atoms with Crippen LogP contribution in [0.15, 0.2) is 170 Å². The molecule has 0 amide bonds. The minimum atomic E-state index is -0.0930. The maximum Gasteiger partial charge on any atom is 0.0434 e. The molecule has 57 heavy (non-hydrogen) atoms. The monoisotopic (exact) mass is 744 g/mol. The van der Waals surface area contributed by atoms with Gasteiger partial charge in [0.25, 0.3) is 0 Å². The van der Waals surface area contributed by atoms with Gasteiger partial charge in [-0.05, 0) is 118 Å². The van der Waals surface area contributed by atoms with Crippen molar-refractivity contribution >= 4 is 53.1 Å². The quantitative estimate of drug-likeness (QED) is 0.158. The van der Waals surface area contributed by atoms with Crippen LogP contribution in [-0.2, 0) is 10.8 Å². The molecule has 0 spiro atoms. The lowest BCUT2D eigenvalue weighted by Crippen LogP contribution is -2.14. The second-order valence-electron chi connectivity index (χ2n) is 17.2. The van der Waals surface area contributed by atoms with Gasteiger partial charge in [-0.1, -0.05) is 173 Å². The van der Waals surface area contributed by atoms with Crippen molar-refractivity contribution in [1.29, 1.82) is 0 Å². The van der Waals surface area contributed by atoms with Gasteiger partial charge in [0.1, 0.15) is 0 Å². The molecule has 10 aromatic rings. The highest BCUT2D eigenvalue weighted by atomic mass is 32.1. The molecule has 1 heterocycles. The molecule has 0 unspecified atom stereocenters. The number of fused-ring (bicyclic) bond motifs is 11. The summed E-state index contributed by atoms with van der Waals surface area (Å²) in [6, 6.07) is 64.5. The normalized spacial score (nSPS) is 14.6. The van der Waals surface area contributed by atoms with Gasteiger partial charge >= 0.3 is 0 Å². The Labute approximate surface area is 337 Å². The molecular weight excluding hydrogens is 705 g/mol. The van der Waals surface area contributed by atoms with Gasteiger partial charge in [-0.25, -0.2) is 0 Å². The Morgan fingerprint density at radius 2 is 0.789 bits per heavy atom. The van der Waals surface area contributed by atoms with E-state index in [1.807, 2.05) is 11.3 Å². The van der Waals surface area contributed by atoms with Crippen LogP contribution in [0, 0.1) is 0 Å². The fraction of sp³-hybridized carbons (Fsp3) is 0.107. The summed E-state index contributed by atoms with van der Waals surface area (Å²) in [5.41, 5.74) is 18.6. The van der Waals surface area contributed by atoms with Crippen LogP contribution in [0.5, 0.6) is 0 Å². The Morgan fingerprint density at radius 1 is 0.316 bits per heavy atom. The molecule has 1 heteroatoms. The molecule has 9 aromatic carbocycles. The van der Waals surface area contributed by atoms with Crippen molar-refractivity contribution in [2.24, 2.45) is 0 Å². The van der Waals surface area contributed by atoms with Gasteiger partial charge in [0.05, 0.1) is 0 Å². The molecule has 270 valence electrons. The fourth-order valence-electron chi connectivity index (χ4n) is 10.6. The summed E-state index contributed by atoms with van der Waals surface area (Å²) in [5.74, 6) is 0. The number of hydrogen-bond donors (Lipinski definition) is 0. The third kappa shape index (κ3) is 4.49.